The van der Waals surface area contributed by atoms with E-state index in [1.54, 1.807) is 19.4 Å². The molecule has 0 aliphatic carbocycles. The molecular weight excluding hydrogens is 116 g/mol. The van der Waals surface area contributed by atoms with E-state index in [4.69, 9.17) is 4.74 Å². The van der Waals surface area contributed by atoms with Crippen molar-refractivity contribution in [1.29, 1.82) is 0 Å². The van der Waals surface area contributed by atoms with Crippen LogP contribution < -0.4 is 0 Å². The molecule has 0 aromatic heterocycles. The van der Waals surface area contributed by atoms with Crippen LogP contribution in [0.15, 0.2) is 24.5 Å². The summed E-state index contributed by atoms with van der Waals surface area (Å²) < 4.78 is 9.45. The summed E-state index contributed by atoms with van der Waals surface area (Å²) in [4.78, 5) is 0. The fourth-order valence-electron chi connectivity index (χ4n) is 0.272. The van der Waals surface area contributed by atoms with Crippen LogP contribution in [-0.4, -0.2) is 13.9 Å². The maximum absolute atomic E-state index is 4.83. The van der Waals surface area contributed by atoms with E-state index in [0.29, 0.717) is 6.79 Å². The molecule has 0 rings (SSSR count). The largest absolute Gasteiger partial charge is 0.475 e. The van der Waals surface area contributed by atoms with Gasteiger partial charge in [-0.15, -0.1) is 0 Å². The molecule has 0 radical (unpaired) electrons. The van der Waals surface area contributed by atoms with Crippen molar-refractivity contribution in [3.63, 3.8) is 0 Å². The third-order valence-corrected chi connectivity index (χ3v) is 0.635. The van der Waals surface area contributed by atoms with Crippen molar-refractivity contribution in [2.75, 3.05) is 13.9 Å². The lowest BCUT2D eigenvalue weighted by atomic mass is 10.4. The van der Waals surface area contributed by atoms with Gasteiger partial charge in [-0.3, -0.25) is 0 Å². The topological polar surface area (TPSA) is 18.5 Å². The zero-order chi connectivity index (χ0) is 7.11. The minimum Gasteiger partial charge on any atom is -0.475 e. The average Bonchev–Trinajstić information content (AvgIpc) is 1.80. The summed E-state index contributed by atoms with van der Waals surface area (Å²) in [6.07, 6.45) is 3.34. The molecule has 0 unspecified atom stereocenters. The van der Waals surface area contributed by atoms with Crippen LogP contribution in [0.1, 0.15) is 6.92 Å². The lowest BCUT2D eigenvalue weighted by Gasteiger charge is -1.95. The van der Waals surface area contributed by atoms with Crippen LogP contribution in [-0.2, 0) is 9.47 Å². The van der Waals surface area contributed by atoms with Crippen LogP contribution in [0, 0.1) is 0 Å². The quantitative estimate of drug-likeness (QED) is 0.248. The van der Waals surface area contributed by atoms with Crippen LogP contribution in [0.4, 0.5) is 0 Å². The van der Waals surface area contributed by atoms with Crippen molar-refractivity contribution in [3.8, 4) is 0 Å². The Morgan fingerprint density at radius 2 is 2.33 bits per heavy atom. The second-order valence-corrected chi connectivity index (χ2v) is 1.72. The Bertz CT molecular complexity index is 105. The number of rotatable bonds is 4. The van der Waals surface area contributed by atoms with Crippen molar-refractivity contribution in [2.24, 2.45) is 0 Å². The molecule has 52 valence electrons. The van der Waals surface area contributed by atoms with Crippen molar-refractivity contribution in [2.45, 2.75) is 6.92 Å². The molecule has 2 heteroatoms. The molecule has 0 aliphatic heterocycles. The second-order valence-electron chi connectivity index (χ2n) is 1.72. The number of methoxy groups -OCH3 is 1. The van der Waals surface area contributed by atoms with Gasteiger partial charge in [0.25, 0.3) is 0 Å². The fourth-order valence-corrected chi connectivity index (χ4v) is 0.272. The van der Waals surface area contributed by atoms with Crippen molar-refractivity contribution in [3.05, 3.63) is 24.5 Å². The molecular formula is C7H12O2. The fraction of sp³-hybridized carbons (Fsp3) is 0.429. The van der Waals surface area contributed by atoms with Crippen molar-refractivity contribution >= 4 is 0 Å². The van der Waals surface area contributed by atoms with E-state index in [9.17, 15) is 0 Å². The second kappa shape index (κ2) is 5.38. The highest BCUT2D eigenvalue weighted by Crippen LogP contribution is 1.88. The Morgan fingerprint density at radius 3 is 2.78 bits per heavy atom. The van der Waals surface area contributed by atoms with Gasteiger partial charge in [0.05, 0.1) is 6.26 Å². The smallest absolute Gasteiger partial charge is 0.187 e. The summed E-state index contributed by atoms with van der Waals surface area (Å²) in [5, 5.41) is 0. The number of hydrogen-bond donors (Lipinski definition) is 0. The predicted octanol–water partition coefficient (Wildman–Crippen LogP) is 1.70. The first-order valence-electron chi connectivity index (χ1n) is 2.70. The Kier molecular flexibility index (Phi) is 4.92. The SMILES string of the molecule is C=C(C)C=COCOC. The van der Waals surface area contributed by atoms with E-state index < -0.39 is 0 Å². The van der Waals surface area contributed by atoms with E-state index in [1.165, 1.54) is 0 Å². The van der Waals surface area contributed by atoms with Crippen molar-refractivity contribution in [1.82, 2.24) is 0 Å². The molecule has 0 heterocycles. The summed E-state index contributed by atoms with van der Waals surface area (Å²) >= 11 is 0. The van der Waals surface area contributed by atoms with Gasteiger partial charge in [-0.05, 0) is 13.0 Å². The van der Waals surface area contributed by atoms with Gasteiger partial charge in [0, 0.05) is 7.11 Å². The van der Waals surface area contributed by atoms with Gasteiger partial charge in [-0.25, -0.2) is 0 Å². The van der Waals surface area contributed by atoms with Gasteiger partial charge in [-0.2, -0.15) is 0 Å². The molecule has 0 aliphatic rings. The average molecular weight is 128 g/mol. The summed E-state index contributed by atoms with van der Waals surface area (Å²) in [5.41, 5.74) is 0.964. The Balaban J connectivity index is 3.15. The van der Waals surface area contributed by atoms with Gasteiger partial charge in [0.2, 0.25) is 0 Å². The molecule has 0 saturated heterocycles. The van der Waals surface area contributed by atoms with E-state index in [0.717, 1.165) is 5.57 Å². The van der Waals surface area contributed by atoms with Crippen LogP contribution in [0.25, 0.3) is 0 Å². The van der Waals surface area contributed by atoms with Crippen LogP contribution in [0.2, 0.25) is 0 Å². The minimum atomic E-state index is 0.295. The van der Waals surface area contributed by atoms with Gasteiger partial charge >= 0.3 is 0 Å². The summed E-state index contributed by atoms with van der Waals surface area (Å²) in [6, 6.07) is 0. The predicted molar refractivity (Wildman–Crippen MR) is 36.9 cm³/mol. The first-order valence-corrected chi connectivity index (χ1v) is 2.70. The Hall–Kier alpha value is -0.760. The van der Waals surface area contributed by atoms with E-state index in [-0.39, 0.29) is 0 Å². The maximum Gasteiger partial charge on any atom is 0.187 e. The minimum absolute atomic E-state index is 0.295. The third kappa shape index (κ3) is 7.24. The van der Waals surface area contributed by atoms with Crippen molar-refractivity contribution < 1.29 is 9.47 Å². The number of ether oxygens (including phenoxy) is 2. The first kappa shape index (κ1) is 8.24. The molecule has 0 spiro atoms. The van der Waals surface area contributed by atoms with E-state index in [2.05, 4.69) is 11.3 Å². The third-order valence-electron chi connectivity index (χ3n) is 0.635. The summed E-state index contributed by atoms with van der Waals surface area (Å²) in [7, 11) is 1.58. The number of hydrogen-bond acceptors (Lipinski definition) is 2. The molecule has 2 nitrogen and oxygen atoms in total. The van der Waals surface area contributed by atoms with Gasteiger partial charge in [-0.1, -0.05) is 12.2 Å². The molecule has 0 atom stereocenters. The molecule has 0 N–H and O–H groups in total. The molecule has 0 aromatic rings. The lowest BCUT2D eigenvalue weighted by Crippen LogP contribution is -1.87. The normalized spacial score (nSPS) is 10.0. The van der Waals surface area contributed by atoms with Gasteiger partial charge in [0.1, 0.15) is 0 Å². The van der Waals surface area contributed by atoms with E-state index in [1.807, 2.05) is 6.92 Å². The van der Waals surface area contributed by atoms with Gasteiger partial charge in [0.15, 0.2) is 6.79 Å². The molecule has 0 saturated carbocycles. The summed E-state index contributed by atoms with van der Waals surface area (Å²) in [5.74, 6) is 0. The summed E-state index contributed by atoms with van der Waals surface area (Å²) in [6.45, 7) is 5.84. The monoisotopic (exact) mass is 128 g/mol. The Labute approximate surface area is 55.8 Å². The highest BCUT2D eigenvalue weighted by Gasteiger charge is 1.74. The van der Waals surface area contributed by atoms with E-state index >= 15 is 0 Å². The van der Waals surface area contributed by atoms with Crippen LogP contribution in [0.3, 0.4) is 0 Å². The zero-order valence-corrected chi connectivity index (χ0v) is 5.89. The van der Waals surface area contributed by atoms with Crippen LogP contribution >= 0.6 is 0 Å². The lowest BCUT2D eigenvalue weighted by molar-refractivity contribution is 0.0199. The highest BCUT2D eigenvalue weighted by atomic mass is 16.7. The molecule has 0 bridgehead atoms. The van der Waals surface area contributed by atoms with Gasteiger partial charge < -0.3 is 9.47 Å². The Morgan fingerprint density at radius 1 is 1.67 bits per heavy atom. The molecule has 0 aromatic carbocycles. The zero-order valence-electron chi connectivity index (χ0n) is 5.89. The first-order chi connectivity index (χ1) is 4.27. The standard InChI is InChI=1S/C7H12O2/c1-7(2)4-5-9-6-8-3/h4-5H,1,6H2,2-3H3. The van der Waals surface area contributed by atoms with Crippen LogP contribution in [0.5, 0.6) is 0 Å². The molecule has 0 fully saturated rings. The maximum atomic E-state index is 4.83. The molecule has 9 heavy (non-hydrogen) atoms. The highest BCUT2D eigenvalue weighted by molar-refractivity contribution is 5.08. The number of allylic oxidation sites excluding steroid dienone is 2. The molecule has 0 amide bonds.